The van der Waals surface area contributed by atoms with E-state index >= 15 is 0 Å². The van der Waals surface area contributed by atoms with E-state index in [1.54, 1.807) is 0 Å². The van der Waals surface area contributed by atoms with Crippen molar-refractivity contribution in [2.75, 3.05) is 17.3 Å². The van der Waals surface area contributed by atoms with E-state index in [2.05, 4.69) is 0 Å². The number of hydrogen-bond acceptors (Lipinski definition) is 4. The summed E-state index contributed by atoms with van der Waals surface area (Å²) in [6.07, 6.45) is 1.32. The molecule has 1 rings (SSSR count). The molecule has 1 aliphatic rings. The third-order valence-electron chi connectivity index (χ3n) is 1.93. The second-order valence-electron chi connectivity index (χ2n) is 3.09. The zero-order chi connectivity index (χ0) is 9.19. The van der Waals surface area contributed by atoms with Crippen LogP contribution in [0.2, 0.25) is 0 Å². The molecule has 0 spiro atoms. The Balaban J connectivity index is 0.00000144. The van der Waals surface area contributed by atoms with Gasteiger partial charge in [-0.15, -0.1) is 0 Å². The number of sulfone groups is 1. The normalized spacial score (nSPS) is 28.8. The predicted molar refractivity (Wildman–Crippen MR) is 45.2 cm³/mol. The second-order valence-corrected chi connectivity index (χ2v) is 6.26. The molecule has 0 amide bonds. The Bertz CT molecular complexity index is 274. The van der Waals surface area contributed by atoms with Crippen LogP contribution in [0.1, 0.15) is 12.8 Å². The van der Waals surface area contributed by atoms with E-state index in [9.17, 15) is 17.2 Å². The first kappa shape index (κ1) is 14.1. The smallest absolute Gasteiger partial charge is 0.772 e. The molecule has 0 bridgehead atoms. The van der Waals surface area contributed by atoms with Gasteiger partial charge in [0.2, 0.25) is 0 Å². The van der Waals surface area contributed by atoms with Crippen molar-refractivity contribution in [1.82, 2.24) is 0 Å². The molecule has 1 fully saturated rings. The minimum atomic E-state index is -2.95. The first-order valence-corrected chi connectivity index (χ1v) is 6.82. The Morgan fingerprint density at radius 1 is 1.46 bits per heavy atom. The summed E-state index contributed by atoms with van der Waals surface area (Å²) in [7, 11) is -2.95. The van der Waals surface area contributed by atoms with E-state index in [4.69, 9.17) is 0 Å². The van der Waals surface area contributed by atoms with Crippen LogP contribution in [0.5, 0.6) is 0 Å². The molecule has 0 aliphatic carbocycles. The molecular formula is C6H11NaO4S2. The van der Waals surface area contributed by atoms with Crippen LogP contribution in [0.25, 0.3) is 0 Å². The van der Waals surface area contributed by atoms with Gasteiger partial charge in [-0.25, -0.2) is 8.42 Å². The SMILES string of the molecule is O=S([O-])CC1CCCS(=O)(=O)C1.[Na+]. The van der Waals surface area contributed by atoms with Crippen LogP contribution in [0.3, 0.4) is 0 Å². The summed E-state index contributed by atoms with van der Waals surface area (Å²) < 4.78 is 42.7. The molecule has 1 heterocycles. The van der Waals surface area contributed by atoms with E-state index in [0.717, 1.165) is 0 Å². The minimum absolute atomic E-state index is 0. The Morgan fingerprint density at radius 2 is 2.08 bits per heavy atom. The molecule has 0 N–H and O–H groups in total. The van der Waals surface area contributed by atoms with E-state index in [1.165, 1.54) is 0 Å². The van der Waals surface area contributed by atoms with Crippen molar-refractivity contribution in [3.8, 4) is 0 Å². The maximum Gasteiger partial charge on any atom is 1.00 e. The maximum atomic E-state index is 11.0. The zero-order valence-electron chi connectivity index (χ0n) is 7.56. The van der Waals surface area contributed by atoms with Crippen LogP contribution in [0.4, 0.5) is 0 Å². The van der Waals surface area contributed by atoms with Crippen molar-refractivity contribution in [3.63, 3.8) is 0 Å². The van der Waals surface area contributed by atoms with Gasteiger partial charge in [-0.3, -0.25) is 4.21 Å². The Morgan fingerprint density at radius 3 is 2.54 bits per heavy atom. The van der Waals surface area contributed by atoms with Crippen molar-refractivity contribution in [1.29, 1.82) is 0 Å². The largest absolute Gasteiger partial charge is 1.00 e. The van der Waals surface area contributed by atoms with Crippen LogP contribution in [-0.2, 0) is 20.9 Å². The molecule has 1 saturated heterocycles. The van der Waals surface area contributed by atoms with Gasteiger partial charge in [0.05, 0.1) is 11.5 Å². The molecule has 0 aromatic heterocycles. The first-order chi connectivity index (χ1) is 5.49. The van der Waals surface area contributed by atoms with Gasteiger partial charge in [-0.2, -0.15) is 0 Å². The molecule has 2 unspecified atom stereocenters. The average molecular weight is 234 g/mol. The van der Waals surface area contributed by atoms with Gasteiger partial charge in [0, 0.05) is 5.75 Å². The number of hydrogen-bond donors (Lipinski definition) is 0. The van der Waals surface area contributed by atoms with Gasteiger partial charge >= 0.3 is 29.6 Å². The molecule has 1 aliphatic heterocycles. The van der Waals surface area contributed by atoms with E-state index < -0.39 is 20.9 Å². The Hall–Kier alpha value is 1.06. The molecule has 0 radical (unpaired) electrons. The zero-order valence-corrected chi connectivity index (χ0v) is 11.2. The van der Waals surface area contributed by atoms with Crippen LogP contribution in [0.15, 0.2) is 0 Å². The van der Waals surface area contributed by atoms with E-state index in [1.807, 2.05) is 0 Å². The summed E-state index contributed by atoms with van der Waals surface area (Å²) in [5, 5.41) is 0. The molecule has 72 valence electrons. The molecule has 7 heteroatoms. The minimum Gasteiger partial charge on any atom is -0.772 e. The fourth-order valence-corrected chi connectivity index (χ4v) is 4.04. The third-order valence-corrected chi connectivity index (χ3v) is 4.56. The van der Waals surface area contributed by atoms with Gasteiger partial charge in [0.15, 0.2) is 9.84 Å². The van der Waals surface area contributed by atoms with Crippen molar-refractivity contribution < 1.29 is 46.7 Å². The molecule has 13 heavy (non-hydrogen) atoms. The summed E-state index contributed by atoms with van der Waals surface area (Å²) in [4.78, 5) is 0. The molecule has 0 saturated carbocycles. The van der Waals surface area contributed by atoms with Crippen LogP contribution in [-0.4, -0.2) is 34.4 Å². The fourth-order valence-electron chi connectivity index (χ4n) is 1.44. The molecule has 4 nitrogen and oxygen atoms in total. The standard InChI is InChI=1S/C6H12O4S2.Na/c7-11(8)4-6-2-1-3-12(9,10)5-6;/h6H,1-5H2,(H,7,8);/q;+1/p-1. The van der Waals surface area contributed by atoms with Gasteiger partial charge in [0.1, 0.15) is 0 Å². The van der Waals surface area contributed by atoms with Crippen molar-refractivity contribution in [2.24, 2.45) is 5.92 Å². The van der Waals surface area contributed by atoms with Crippen molar-refractivity contribution in [2.45, 2.75) is 12.8 Å². The summed E-state index contributed by atoms with van der Waals surface area (Å²) in [6, 6.07) is 0. The average Bonchev–Trinajstić information content (AvgIpc) is 1.82. The molecule has 0 aromatic rings. The monoisotopic (exact) mass is 234 g/mol. The predicted octanol–water partition coefficient (Wildman–Crippen LogP) is -3.31. The van der Waals surface area contributed by atoms with Crippen LogP contribution in [0, 0.1) is 5.92 Å². The van der Waals surface area contributed by atoms with Crippen molar-refractivity contribution in [3.05, 3.63) is 0 Å². The quantitative estimate of drug-likeness (QED) is 0.370. The third kappa shape index (κ3) is 5.49. The van der Waals surface area contributed by atoms with Crippen LogP contribution >= 0.6 is 0 Å². The van der Waals surface area contributed by atoms with E-state index in [0.29, 0.717) is 12.8 Å². The summed E-state index contributed by atoms with van der Waals surface area (Å²) >= 11 is -2.11. The number of rotatable bonds is 2. The maximum absolute atomic E-state index is 11.0. The first-order valence-electron chi connectivity index (χ1n) is 3.76. The molecular weight excluding hydrogens is 223 g/mol. The Kier molecular flexibility index (Phi) is 6.30. The Labute approximate surface area is 103 Å². The van der Waals surface area contributed by atoms with Crippen LogP contribution < -0.4 is 29.6 Å². The summed E-state index contributed by atoms with van der Waals surface area (Å²) in [6.45, 7) is 0. The fraction of sp³-hybridized carbons (Fsp3) is 1.00. The second kappa shape index (κ2) is 5.82. The van der Waals surface area contributed by atoms with Crippen molar-refractivity contribution >= 4 is 20.9 Å². The van der Waals surface area contributed by atoms with Gasteiger partial charge in [-0.1, -0.05) is 11.1 Å². The van der Waals surface area contributed by atoms with Gasteiger partial charge in [-0.05, 0) is 18.8 Å². The summed E-state index contributed by atoms with van der Waals surface area (Å²) in [5.74, 6) is 0.0666. The van der Waals surface area contributed by atoms with E-state index in [-0.39, 0.29) is 52.7 Å². The summed E-state index contributed by atoms with van der Waals surface area (Å²) in [5.41, 5.74) is 0. The molecule has 0 aromatic carbocycles. The van der Waals surface area contributed by atoms with Gasteiger partial charge in [0.25, 0.3) is 0 Å². The molecule has 2 atom stereocenters. The van der Waals surface area contributed by atoms with Gasteiger partial charge < -0.3 is 4.55 Å². The topological polar surface area (TPSA) is 74.3 Å².